The van der Waals surface area contributed by atoms with Crippen LogP contribution in [0.15, 0.2) is 12.1 Å². The first-order valence-electron chi connectivity index (χ1n) is 7.40. The third-order valence-corrected chi connectivity index (χ3v) is 4.08. The Morgan fingerprint density at radius 1 is 1.16 bits per heavy atom. The molecule has 3 heteroatoms. The van der Waals surface area contributed by atoms with Crippen molar-refractivity contribution in [1.29, 1.82) is 0 Å². The fourth-order valence-corrected chi connectivity index (χ4v) is 3.01. The number of rotatable bonds is 2. The molecule has 1 unspecified atom stereocenters. The minimum atomic E-state index is 0.521. The molecule has 1 atom stereocenters. The summed E-state index contributed by atoms with van der Waals surface area (Å²) in [5, 5.41) is 3.46. The second-order valence-electron chi connectivity index (χ2n) is 5.82. The van der Waals surface area contributed by atoms with Crippen molar-refractivity contribution in [3.05, 3.63) is 23.3 Å². The Balaban J connectivity index is 2.02. The quantitative estimate of drug-likeness (QED) is 0.887. The zero-order chi connectivity index (χ0) is 13.2. The smallest absolute Gasteiger partial charge is 0.161 e. The number of nitrogens with one attached hydrogen (secondary N) is 1. The van der Waals surface area contributed by atoms with Crippen molar-refractivity contribution >= 4 is 0 Å². The summed E-state index contributed by atoms with van der Waals surface area (Å²) in [4.78, 5) is 0. The number of hydrogen-bond acceptors (Lipinski definition) is 3. The van der Waals surface area contributed by atoms with E-state index >= 15 is 0 Å². The van der Waals surface area contributed by atoms with Gasteiger partial charge in [0.25, 0.3) is 0 Å². The summed E-state index contributed by atoms with van der Waals surface area (Å²) >= 11 is 0. The Morgan fingerprint density at radius 2 is 1.89 bits per heavy atom. The first-order valence-corrected chi connectivity index (χ1v) is 7.40. The van der Waals surface area contributed by atoms with Crippen molar-refractivity contribution in [1.82, 2.24) is 5.32 Å². The van der Waals surface area contributed by atoms with E-state index in [0.29, 0.717) is 11.8 Å². The van der Waals surface area contributed by atoms with Gasteiger partial charge in [-0.25, -0.2) is 0 Å². The van der Waals surface area contributed by atoms with Gasteiger partial charge in [-0.3, -0.25) is 0 Å². The van der Waals surface area contributed by atoms with E-state index in [9.17, 15) is 0 Å². The highest BCUT2D eigenvalue weighted by Crippen LogP contribution is 2.39. The standard InChI is InChI=1S/C16H23NO2/c1-11(2)13-8-15-16(19-7-3-6-18-15)9-14(13)12-4-5-17-10-12/h8-9,11-12,17H,3-7,10H2,1-2H3. The summed E-state index contributed by atoms with van der Waals surface area (Å²) in [5.74, 6) is 3.00. The van der Waals surface area contributed by atoms with Crippen molar-refractivity contribution in [3.8, 4) is 11.5 Å². The molecule has 0 aromatic heterocycles. The van der Waals surface area contributed by atoms with Gasteiger partial charge in [-0.1, -0.05) is 13.8 Å². The van der Waals surface area contributed by atoms with Crippen LogP contribution in [0, 0.1) is 0 Å². The highest BCUT2D eigenvalue weighted by molar-refractivity contribution is 5.50. The topological polar surface area (TPSA) is 30.5 Å². The molecule has 104 valence electrons. The molecule has 3 rings (SSSR count). The van der Waals surface area contributed by atoms with Gasteiger partial charge in [0.2, 0.25) is 0 Å². The Hall–Kier alpha value is -1.22. The zero-order valence-electron chi connectivity index (χ0n) is 11.9. The third-order valence-electron chi connectivity index (χ3n) is 4.08. The van der Waals surface area contributed by atoms with Crippen LogP contribution < -0.4 is 14.8 Å². The first-order chi connectivity index (χ1) is 9.25. The summed E-state index contributed by atoms with van der Waals surface area (Å²) in [6, 6.07) is 4.44. The average molecular weight is 261 g/mol. The van der Waals surface area contributed by atoms with Crippen LogP contribution in [0.2, 0.25) is 0 Å². The zero-order valence-corrected chi connectivity index (χ0v) is 11.9. The van der Waals surface area contributed by atoms with Gasteiger partial charge in [-0.15, -0.1) is 0 Å². The van der Waals surface area contributed by atoms with Crippen LogP contribution in [-0.2, 0) is 0 Å². The molecule has 0 saturated carbocycles. The minimum absolute atomic E-state index is 0.521. The van der Waals surface area contributed by atoms with E-state index in [0.717, 1.165) is 44.2 Å². The van der Waals surface area contributed by atoms with Crippen molar-refractivity contribution in [2.45, 2.75) is 38.5 Å². The van der Waals surface area contributed by atoms with Gasteiger partial charge in [0, 0.05) is 13.0 Å². The lowest BCUT2D eigenvalue weighted by atomic mass is 9.88. The van der Waals surface area contributed by atoms with Crippen LogP contribution in [0.3, 0.4) is 0 Å². The monoisotopic (exact) mass is 261 g/mol. The summed E-state index contributed by atoms with van der Waals surface area (Å²) in [7, 11) is 0. The molecular formula is C16H23NO2. The molecule has 1 fully saturated rings. The van der Waals surface area contributed by atoms with Crippen LogP contribution in [0.1, 0.15) is 49.7 Å². The SMILES string of the molecule is CC(C)c1cc2c(cc1C1CCNC1)OCCCO2. The Morgan fingerprint density at radius 3 is 2.53 bits per heavy atom. The summed E-state index contributed by atoms with van der Waals surface area (Å²) in [5.41, 5.74) is 2.86. The number of benzene rings is 1. The number of ether oxygens (including phenoxy) is 2. The van der Waals surface area contributed by atoms with E-state index in [2.05, 4.69) is 31.3 Å². The van der Waals surface area contributed by atoms with Crippen LogP contribution >= 0.6 is 0 Å². The van der Waals surface area contributed by atoms with Gasteiger partial charge >= 0.3 is 0 Å². The second-order valence-corrected chi connectivity index (χ2v) is 5.82. The van der Waals surface area contributed by atoms with Gasteiger partial charge in [0.15, 0.2) is 11.5 Å². The fraction of sp³-hybridized carbons (Fsp3) is 0.625. The molecule has 2 aliphatic rings. The van der Waals surface area contributed by atoms with Gasteiger partial charge in [0.1, 0.15) is 0 Å². The predicted molar refractivity (Wildman–Crippen MR) is 76.4 cm³/mol. The van der Waals surface area contributed by atoms with E-state index in [1.807, 2.05) is 0 Å². The molecule has 2 heterocycles. The maximum absolute atomic E-state index is 5.84. The Kier molecular flexibility index (Phi) is 3.65. The normalized spacial score (nSPS) is 22.6. The average Bonchev–Trinajstić information content (AvgIpc) is 2.83. The third kappa shape index (κ3) is 2.57. The molecule has 1 N–H and O–H groups in total. The van der Waals surface area contributed by atoms with Crippen LogP contribution in [0.4, 0.5) is 0 Å². The molecule has 0 spiro atoms. The highest BCUT2D eigenvalue weighted by atomic mass is 16.5. The molecule has 2 aliphatic heterocycles. The largest absolute Gasteiger partial charge is 0.490 e. The van der Waals surface area contributed by atoms with Gasteiger partial charge < -0.3 is 14.8 Å². The van der Waals surface area contributed by atoms with Gasteiger partial charge in [-0.05, 0) is 48.1 Å². The number of fused-ring (bicyclic) bond motifs is 1. The van der Waals surface area contributed by atoms with Crippen molar-refractivity contribution in [3.63, 3.8) is 0 Å². The van der Waals surface area contributed by atoms with Crippen molar-refractivity contribution in [2.24, 2.45) is 0 Å². The van der Waals surface area contributed by atoms with Crippen LogP contribution in [0.5, 0.6) is 11.5 Å². The molecule has 0 bridgehead atoms. The fourth-order valence-electron chi connectivity index (χ4n) is 3.01. The minimum Gasteiger partial charge on any atom is -0.490 e. The molecule has 0 aliphatic carbocycles. The molecule has 3 nitrogen and oxygen atoms in total. The Bertz CT molecular complexity index is 450. The molecule has 1 saturated heterocycles. The van der Waals surface area contributed by atoms with Gasteiger partial charge in [0.05, 0.1) is 13.2 Å². The lowest BCUT2D eigenvalue weighted by molar-refractivity contribution is 0.297. The summed E-state index contributed by atoms with van der Waals surface area (Å²) in [6.07, 6.45) is 2.19. The van der Waals surface area contributed by atoms with Crippen molar-refractivity contribution in [2.75, 3.05) is 26.3 Å². The van der Waals surface area contributed by atoms with E-state index in [1.165, 1.54) is 17.5 Å². The van der Waals surface area contributed by atoms with Crippen LogP contribution in [0.25, 0.3) is 0 Å². The molecule has 1 aromatic carbocycles. The van der Waals surface area contributed by atoms with E-state index in [-0.39, 0.29) is 0 Å². The first kappa shape index (κ1) is 12.8. The lowest BCUT2D eigenvalue weighted by Gasteiger charge is -2.20. The maximum Gasteiger partial charge on any atom is 0.161 e. The molecular weight excluding hydrogens is 238 g/mol. The molecule has 0 amide bonds. The highest BCUT2D eigenvalue weighted by Gasteiger charge is 2.24. The van der Waals surface area contributed by atoms with E-state index in [4.69, 9.17) is 9.47 Å². The molecule has 0 radical (unpaired) electrons. The molecule has 19 heavy (non-hydrogen) atoms. The summed E-state index contributed by atoms with van der Waals surface area (Å²) in [6.45, 7) is 8.23. The maximum atomic E-state index is 5.84. The van der Waals surface area contributed by atoms with Gasteiger partial charge in [-0.2, -0.15) is 0 Å². The second kappa shape index (κ2) is 5.41. The summed E-state index contributed by atoms with van der Waals surface area (Å²) < 4.78 is 11.7. The van der Waals surface area contributed by atoms with Crippen LogP contribution in [-0.4, -0.2) is 26.3 Å². The van der Waals surface area contributed by atoms with E-state index < -0.39 is 0 Å². The molecule has 1 aromatic rings. The lowest BCUT2D eigenvalue weighted by Crippen LogP contribution is -2.10. The van der Waals surface area contributed by atoms with E-state index in [1.54, 1.807) is 0 Å². The predicted octanol–water partition coefficient (Wildman–Crippen LogP) is 3.05. The number of hydrogen-bond donors (Lipinski definition) is 1. The Labute approximate surface area is 115 Å². The van der Waals surface area contributed by atoms with Crippen molar-refractivity contribution < 1.29 is 9.47 Å².